The summed E-state index contributed by atoms with van der Waals surface area (Å²) in [7, 11) is 0. The van der Waals surface area contributed by atoms with Crippen LogP contribution < -0.4 is 0 Å². The summed E-state index contributed by atoms with van der Waals surface area (Å²) in [5, 5.41) is 6.48. The molecule has 0 saturated carbocycles. The van der Waals surface area contributed by atoms with Gasteiger partial charge in [-0.15, -0.1) is 0 Å². The van der Waals surface area contributed by atoms with Crippen molar-refractivity contribution in [3.8, 4) is 0 Å². The van der Waals surface area contributed by atoms with Crippen molar-refractivity contribution in [2.45, 2.75) is 0 Å². The third-order valence-electron chi connectivity index (χ3n) is 3.45. The molecule has 0 N–H and O–H groups in total. The van der Waals surface area contributed by atoms with Crippen LogP contribution in [0.3, 0.4) is 0 Å². The normalized spacial score (nSPS) is 9.60. The Morgan fingerprint density at radius 1 is 0.480 bits per heavy atom. The summed E-state index contributed by atoms with van der Waals surface area (Å²) in [4.78, 5) is 8.36. The fraction of sp³-hybridized carbons (Fsp3) is 0. The molecule has 0 atom stereocenters. The number of aromatic nitrogens is 2. The van der Waals surface area contributed by atoms with Crippen molar-refractivity contribution in [2.75, 3.05) is 0 Å². The molecule has 0 saturated heterocycles. The number of hydrogen-bond donors (Lipinski definition) is 0. The van der Waals surface area contributed by atoms with Gasteiger partial charge in [0, 0.05) is 23.2 Å². The van der Waals surface area contributed by atoms with E-state index >= 15 is 0 Å². The van der Waals surface area contributed by atoms with Gasteiger partial charge in [-0.1, -0.05) is 60.7 Å². The largest absolute Gasteiger partial charge is 0.256 e. The molecule has 5 rings (SSSR count). The molecule has 3 heterocycles. The quantitative estimate of drug-likeness (QED) is 0.334. The molecule has 2 nitrogen and oxygen atoms in total. The van der Waals surface area contributed by atoms with Crippen molar-refractivity contribution in [1.29, 1.82) is 0 Å². The topological polar surface area (TPSA) is 25.8 Å². The van der Waals surface area contributed by atoms with Crippen LogP contribution in [0.25, 0.3) is 21.8 Å². The van der Waals surface area contributed by atoms with E-state index in [0.717, 1.165) is 11.0 Å². The second-order valence-corrected chi connectivity index (χ2v) is 6.00. The van der Waals surface area contributed by atoms with Crippen LogP contribution in [0, 0.1) is 0 Å². The molecule has 25 heavy (non-hydrogen) atoms. The molecule has 0 amide bonds. The first-order valence-corrected chi connectivity index (χ1v) is 8.94. The lowest BCUT2D eigenvalue weighted by Gasteiger charge is -1.91. The Labute approximate surface area is 151 Å². The summed E-state index contributed by atoms with van der Waals surface area (Å²) < 4.78 is 0. The zero-order valence-electron chi connectivity index (χ0n) is 13.7. The highest BCUT2D eigenvalue weighted by molar-refractivity contribution is 7.07. The van der Waals surface area contributed by atoms with Crippen molar-refractivity contribution >= 4 is 33.1 Å². The van der Waals surface area contributed by atoms with Crippen LogP contribution in [0.5, 0.6) is 0 Å². The number of para-hydroxylation sites is 2. The summed E-state index contributed by atoms with van der Waals surface area (Å²) in [6.45, 7) is 0. The molecular weight excluding hydrogens is 324 g/mol. The van der Waals surface area contributed by atoms with Crippen LogP contribution in [-0.2, 0) is 0 Å². The lowest BCUT2D eigenvalue weighted by molar-refractivity contribution is 1.41. The Bertz CT molecular complexity index is 791. The number of fused-ring (bicyclic) bond motifs is 2. The van der Waals surface area contributed by atoms with E-state index in [4.69, 9.17) is 0 Å². The van der Waals surface area contributed by atoms with Gasteiger partial charge < -0.3 is 0 Å². The van der Waals surface area contributed by atoms with Crippen LogP contribution in [0.2, 0.25) is 0 Å². The molecule has 0 aliphatic heterocycles. The van der Waals surface area contributed by atoms with E-state index < -0.39 is 0 Å². The number of benzene rings is 2. The Morgan fingerprint density at radius 3 is 1.32 bits per heavy atom. The molecule has 0 bridgehead atoms. The first-order valence-electron chi connectivity index (χ1n) is 8.00. The van der Waals surface area contributed by atoms with Crippen molar-refractivity contribution in [3.63, 3.8) is 0 Å². The molecule has 0 aliphatic carbocycles. The Kier molecular flexibility index (Phi) is 6.25. The molecule has 2 aromatic carbocycles. The minimum Gasteiger partial charge on any atom is -0.256 e. The van der Waals surface area contributed by atoms with Gasteiger partial charge >= 0.3 is 0 Å². The molecule has 0 fully saturated rings. The highest BCUT2D eigenvalue weighted by Gasteiger charge is 1.87. The molecule has 5 aromatic rings. The zero-order chi connectivity index (χ0) is 17.2. The first-order chi connectivity index (χ1) is 12.4. The van der Waals surface area contributed by atoms with E-state index in [1.54, 1.807) is 11.3 Å². The minimum atomic E-state index is 1.06. The van der Waals surface area contributed by atoms with Gasteiger partial charge in [-0.25, -0.2) is 0 Å². The maximum absolute atomic E-state index is 4.18. The molecule has 3 aromatic heterocycles. The lowest BCUT2D eigenvalue weighted by atomic mass is 10.2. The molecule has 0 spiro atoms. The minimum absolute atomic E-state index is 1.06. The summed E-state index contributed by atoms with van der Waals surface area (Å²) in [5.41, 5.74) is 2.12. The van der Waals surface area contributed by atoms with Gasteiger partial charge in [0.15, 0.2) is 0 Å². The average molecular weight is 342 g/mol. The standard InChI is InChI=1S/2C9H7N.C4H4S/c2*1-2-6-9-8(4-1)5-3-7-10-9;1-2-4-5-3-1/h2*1-7H;1-4H. The third kappa shape index (κ3) is 5.23. The Balaban J connectivity index is 0.000000116. The van der Waals surface area contributed by atoms with Gasteiger partial charge in [-0.05, 0) is 35.0 Å². The van der Waals surface area contributed by atoms with E-state index in [1.807, 2.05) is 83.8 Å². The van der Waals surface area contributed by atoms with Crippen LogP contribution in [0.4, 0.5) is 0 Å². The second-order valence-electron chi connectivity index (χ2n) is 5.19. The third-order valence-corrected chi connectivity index (χ3v) is 4.08. The lowest BCUT2D eigenvalue weighted by Crippen LogP contribution is -1.73. The van der Waals surface area contributed by atoms with Crippen LogP contribution in [0.1, 0.15) is 0 Å². The van der Waals surface area contributed by atoms with E-state index in [1.165, 1.54) is 10.8 Å². The Morgan fingerprint density at radius 2 is 0.920 bits per heavy atom. The van der Waals surface area contributed by atoms with Gasteiger partial charge in [0.25, 0.3) is 0 Å². The summed E-state index contributed by atoms with van der Waals surface area (Å²) in [6.07, 6.45) is 3.62. The van der Waals surface area contributed by atoms with E-state index in [0.29, 0.717) is 0 Å². The van der Waals surface area contributed by atoms with Crippen molar-refractivity contribution in [1.82, 2.24) is 9.97 Å². The van der Waals surface area contributed by atoms with Crippen LogP contribution >= 0.6 is 11.3 Å². The number of hydrogen-bond acceptors (Lipinski definition) is 3. The highest BCUT2D eigenvalue weighted by Crippen LogP contribution is 2.08. The second kappa shape index (κ2) is 9.30. The summed E-state index contributed by atoms with van der Waals surface area (Å²) >= 11 is 1.71. The van der Waals surface area contributed by atoms with Crippen LogP contribution in [-0.4, -0.2) is 9.97 Å². The molecule has 3 heteroatoms. The number of thiophene rings is 1. The maximum Gasteiger partial charge on any atom is 0.0701 e. The number of nitrogens with zero attached hydrogens (tertiary/aromatic N) is 2. The van der Waals surface area contributed by atoms with Gasteiger partial charge in [0.05, 0.1) is 11.0 Å². The predicted octanol–water partition coefficient (Wildman–Crippen LogP) is 6.22. The van der Waals surface area contributed by atoms with Gasteiger partial charge in [0.1, 0.15) is 0 Å². The maximum atomic E-state index is 4.18. The fourth-order valence-electron chi connectivity index (χ4n) is 2.26. The van der Waals surface area contributed by atoms with Crippen LogP contribution in [0.15, 0.2) is 108 Å². The van der Waals surface area contributed by atoms with E-state index in [-0.39, 0.29) is 0 Å². The molecule has 0 unspecified atom stereocenters. The van der Waals surface area contributed by atoms with Crippen molar-refractivity contribution < 1.29 is 0 Å². The number of rotatable bonds is 0. The van der Waals surface area contributed by atoms with E-state index in [9.17, 15) is 0 Å². The number of pyridine rings is 2. The zero-order valence-corrected chi connectivity index (χ0v) is 14.5. The molecule has 0 radical (unpaired) electrons. The first kappa shape index (κ1) is 16.8. The van der Waals surface area contributed by atoms with Gasteiger partial charge in [-0.2, -0.15) is 11.3 Å². The molecule has 0 aliphatic rings. The monoisotopic (exact) mass is 342 g/mol. The van der Waals surface area contributed by atoms with Gasteiger partial charge in [0.2, 0.25) is 0 Å². The summed E-state index contributed by atoms with van der Waals surface area (Å²) in [6, 6.07) is 28.2. The fourth-order valence-corrected chi connectivity index (χ4v) is 2.71. The molecular formula is C22H18N2S. The predicted molar refractivity (Wildman–Crippen MR) is 108 cm³/mol. The highest BCUT2D eigenvalue weighted by atomic mass is 32.1. The van der Waals surface area contributed by atoms with Crippen molar-refractivity contribution in [3.05, 3.63) is 108 Å². The summed E-state index contributed by atoms with van der Waals surface area (Å²) in [5.74, 6) is 0. The van der Waals surface area contributed by atoms with Gasteiger partial charge in [-0.3, -0.25) is 9.97 Å². The Hall–Kier alpha value is -3.04. The van der Waals surface area contributed by atoms with E-state index in [2.05, 4.69) is 34.2 Å². The van der Waals surface area contributed by atoms with Crippen molar-refractivity contribution in [2.24, 2.45) is 0 Å². The SMILES string of the molecule is c1ccc2ncccc2c1.c1ccc2ncccc2c1.c1ccsc1. The average Bonchev–Trinajstić information content (AvgIpc) is 3.29. The molecule has 122 valence electrons. The smallest absolute Gasteiger partial charge is 0.0701 e.